The topological polar surface area (TPSA) is 150 Å². The second-order valence-corrected chi connectivity index (χ2v) is 15.9. The second kappa shape index (κ2) is 9.03. The second-order valence-electron chi connectivity index (χ2n) is 14.6. The van der Waals surface area contributed by atoms with Gasteiger partial charge in [-0.15, -0.1) is 11.8 Å². The van der Waals surface area contributed by atoms with Gasteiger partial charge in [0.05, 0.1) is 29.7 Å². The molecule has 4 N–H and O–H groups in total. The summed E-state index contributed by atoms with van der Waals surface area (Å²) in [6.07, 6.45) is 7.05. The van der Waals surface area contributed by atoms with Crippen LogP contribution in [-0.4, -0.2) is 81.5 Å². The van der Waals surface area contributed by atoms with Crippen LogP contribution in [0.4, 0.5) is 0 Å². The molecular formula is C31H42N2O8S. The molecule has 2 saturated heterocycles. The summed E-state index contributed by atoms with van der Waals surface area (Å²) < 4.78 is 24.5. The van der Waals surface area contributed by atoms with E-state index in [9.17, 15) is 19.8 Å². The molecule has 0 aromatic rings. The van der Waals surface area contributed by atoms with Crippen LogP contribution < -0.4 is 5.73 Å². The van der Waals surface area contributed by atoms with Crippen LogP contribution in [0.2, 0.25) is 0 Å². The SMILES string of the molecule is CC1CC2(N=C(N)CS2)C2(O)OC3CC4(C=O)C(CCC5C4CCC4(C)C(C6=CC(=O)OC6)CCC54O)CC3OC2O1. The van der Waals surface area contributed by atoms with E-state index in [-0.39, 0.29) is 47.3 Å². The van der Waals surface area contributed by atoms with Gasteiger partial charge in [-0.2, -0.15) is 0 Å². The summed E-state index contributed by atoms with van der Waals surface area (Å²) in [5, 5.41) is 24.7. The highest BCUT2D eigenvalue weighted by Crippen LogP contribution is 2.70. The van der Waals surface area contributed by atoms with Gasteiger partial charge >= 0.3 is 5.97 Å². The summed E-state index contributed by atoms with van der Waals surface area (Å²) in [4.78, 5) is 28.9. The molecule has 0 radical (unpaired) electrons. The standard InChI is InChI=1S/C31H42N2O8S/c1-16-11-30(33-24(32)14-42-30)31(37)26(39-16)40-22-10-18-3-4-21-20(28(18,15-34)12-23(22)41-31)5-7-27(2)19(6-8-29(21,27)36)17-9-25(35)38-13-17/h9,15-16,18-23,26,36-37H,3-8,10-14H2,1-2H3,(H2,32,33). The predicted molar refractivity (Wildman–Crippen MR) is 152 cm³/mol. The van der Waals surface area contributed by atoms with E-state index in [1.165, 1.54) is 11.8 Å². The number of aldehydes is 1. The average molecular weight is 603 g/mol. The molecule has 4 saturated carbocycles. The quantitative estimate of drug-likeness (QED) is 0.244. The number of nitrogens with two attached hydrogens (primary N) is 1. The van der Waals surface area contributed by atoms with Crippen LogP contribution in [0.3, 0.4) is 0 Å². The highest BCUT2D eigenvalue weighted by Gasteiger charge is 2.72. The number of nitrogens with zero attached hydrogens (tertiary/aromatic N) is 1. The third kappa shape index (κ3) is 3.44. The molecule has 230 valence electrons. The zero-order chi connectivity index (χ0) is 29.3. The van der Waals surface area contributed by atoms with Crippen molar-refractivity contribution >= 4 is 29.9 Å². The molecule has 4 aliphatic heterocycles. The number of hydrogen-bond acceptors (Lipinski definition) is 11. The first-order chi connectivity index (χ1) is 20.0. The van der Waals surface area contributed by atoms with Crippen molar-refractivity contribution in [1.82, 2.24) is 0 Å². The summed E-state index contributed by atoms with van der Waals surface area (Å²) in [7, 11) is 0. The normalized spacial score (nSPS) is 56.3. The molecule has 8 aliphatic rings. The summed E-state index contributed by atoms with van der Waals surface area (Å²) in [6, 6.07) is 0. The van der Waals surface area contributed by atoms with E-state index in [0.29, 0.717) is 43.9 Å². The fraction of sp³-hybridized carbons (Fsp3) is 0.839. The number of cyclic esters (lactones) is 1. The monoisotopic (exact) mass is 602 g/mol. The van der Waals surface area contributed by atoms with Gasteiger partial charge in [-0.1, -0.05) is 6.92 Å². The number of rotatable bonds is 2. The largest absolute Gasteiger partial charge is 0.458 e. The third-order valence-electron chi connectivity index (χ3n) is 13.0. The van der Waals surface area contributed by atoms with Gasteiger partial charge < -0.3 is 39.7 Å². The van der Waals surface area contributed by atoms with E-state index in [4.69, 9.17) is 29.7 Å². The maximum absolute atomic E-state index is 13.4. The Labute approximate surface area is 250 Å². The summed E-state index contributed by atoms with van der Waals surface area (Å²) >= 11 is 1.47. The summed E-state index contributed by atoms with van der Waals surface area (Å²) in [5.74, 6) is -0.982. The van der Waals surface area contributed by atoms with Crippen molar-refractivity contribution in [2.24, 2.45) is 45.2 Å². The number of fused-ring (bicyclic) bond motifs is 8. The van der Waals surface area contributed by atoms with E-state index < -0.39 is 34.1 Å². The molecule has 13 atom stereocenters. The number of hydrogen-bond donors (Lipinski definition) is 3. The molecule has 13 unspecified atom stereocenters. The molecule has 11 heteroatoms. The molecule has 42 heavy (non-hydrogen) atoms. The first-order valence-electron chi connectivity index (χ1n) is 15.7. The summed E-state index contributed by atoms with van der Waals surface area (Å²) in [6.45, 7) is 4.44. The summed E-state index contributed by atoms with van der Waals surface area (Å²) in [5.41, 5.74) is 5.11. The molecule has 0 aromatic heterocycles. The maximum atomic E-state index is 13.4. The highest BCUT2D eigenvalue weighted by molar-refractivity contribution is 8.01. The molecule has 1 spiro atoms. The van der Waals surface area contributed by atoms with Crippen LogP contribution in [0.1, 0.15) is 71.6 Å². The van der Waals surface area contributed by atoms with E-state index in [0.717, 1.165) is 44.0 Å². The number of carbonyl (C=O) groups excluding carboxylic acids is 2. The number of aliphatic imine (C=N–C) groups is 1. The Morgan fingerprint density at radius 3 is 2.64 bits per heavy atom. The Hall–Kier alpha value is -1.50. The average Bonchev–Trinajstić information content (AvgIpc) is 3.62. The smallest absolute Gasteiger partial charge is 0.331 e. The minimum atomic E-state index is -1.83. The zero-order valence-corrected chi connectivity index (χ0v) is 25.1. The number of amidine groups is 1. The fourth-order valence-corrected chi connectivity index (χ4v) is 12.4. The number of ether oxygens (including phenoxy) is 4. The van der Waals surface area contributed by atoms with Crippen LogP contribution in [0.25, 0.3) is 0 Å². The van der Waals surface area contributed by atoms with Crippen molar-refractivity contribution in [3.8, 4) is 0 Å². The van der Waals surface area contributed by atoms with Crippen molar-refractivity contribution in [2.45, 2.75) is 112 Å². The van der Waals surface area contributed by atoms with Crippen molar-refractivity contribution in [1.29, 1.82) is 0 Å². The molecule has 4 heterocycles. The number of carbonyl (C=O) groups is 2. The van der Waals surface area contributed by atoms with Crippen LogP contribution in [0.15, 0.2) is 16.6 Å². The van der Waals surface area contributed by atoms with E-state index in [1.807, 2.05) is 6.92 Å². The minimum absolute atomic E-state index is 0.00374. The minimum Gasteiger partial charge on any atom is -0.458 e. The molecule has 0 bridgehead atoms. The molecule has 0 aromatic carbocycles. The zero-order valence-electron chi connectivity index (χ0n) is 24.3. The predicted octanol–water partition coefficient (Wildman–Crippen LogP) is 2.44. The lowest BCUT2D eigenvalue weighted by Crippen LogP contribution is -2.73. The van der Waals surface area contributed by atoms with E-state index in [2.05, 4.69) is 6.92 Å². The van der Waals surface area contributed by atoms with Gasteiger partial charge in [0.25, 0.3) is 5.79 Å². The Bertz CT molecular complexity index is 1280. The van der Waals surface area contributed by atoms with Gasteiger partial charge in [0, 0.05) is 23.3 Å². The molecule has 0 amide bonds. The van der Waals surface area contributed by atoms with Crippen LogP contribution in [0, 0.1) is 34.5 Å². The lowest BCUT2D eigenvalue weighted by Gasteiger charge is -2.65. The van der Waals surface area contributed by atoms with Gasteiger partial charge in [0.15, 0.2) is 4.87 Å². The van der Waals surface area contributed by atoms with Crippen molar-refractivity contribution in [2.75, 3.05) is 12.4 Å². The Kier molecular flexibility index (Phi) is 6.02. The Morgan fingerprint density at radius 2 is 1.93 bits per heavy atom. The number of thioether (sulfide) groups is 1. The van der Waals surface area contributed by atoms with Crippen LogP contribution in [-0.2, 0) is 28.5 Å². The van der Waals surface area contributed by atoms with Gasteiger partial charge in [-0.3, -0.25) is 0 Å². The first-order valence-corrected chi connectivity index (χ1v) is 16.7. The third-order valence-corrected chi connectivity index (χ3v) is 14.4. The molecule has 10 nitrogen and oxygen atoms in total. The number of esters is 1. The fourth-order valence-electron chi connectivity index (χ4n) is 11.1. The molecule has 6 fully saturated rings. The number of aliphatic hydroxyl groups is 2. The Balaban J connectivity index is 1.10. The van der Waals surface area contributed by atoms with Gasteiger partial charge in [-0.25, -0.2) is 9.79 Å². The first kappa shape index (κ1) is 28.0. The van der Waals surface area contributed by atoms with Crippen molar-refractivity contribution in [3.05, 3.63) is 11.6 Å². The molecule has 8 rings (SSSR count). The Morgan fingerprint density at radius 1 is 1.10 bits per heavy atom. The van der Waals surface area contributed by atoms with Gasteiger partial charge in [0.2, 0.25) is 6.29 Å². The molecular weight excluding hydrogens is 560 g/mol. The van der Waals surface area contributed by atoms with Gasteiger partial charge in [0.1, 0.15) is 18.7 Å². The lowest BCUT2D eigenvalue weighted by molar-refractivity contribution is -0.445. The van der Waals surface area contributed by atoms with E-state index in [1.54, 1.807) is 6.08 Å². The highest BCUT2D eigenvalue weighted by atomic mass is 32.2. The van der Waals surface area contributed by atoms with Crippen LogP contribution in [0.5, 0.6) is 0 Å². The van der Waals surface area contributed by atoms with Crippen molar-refractivity contribution in [3.63, 3.8) is 0 Å². The van der Waals surface area contributed by atoms with Crippen molar-refractivity contribution < 1.29 is 38.7 Å². The van der Waals surface area contributed by atoms with E-state index >= 15 is 0 Å². The lowest BCUT2D eigenvalue weighted by atomic mass is 9.42. The van der Waals surface area contributed by atoms with Gasteiger partial charge in [-0.05, 0) is 87.5 Å². The van der Waals surface area contributed by atoms with Crippen LogP contribution >= 0.6 is 11.8 Å². The maximum Gasteiger partial charge on any atom is 0.331 e. The molecule has 4 aliphatic carbocycles.